The van der Waals surface area contributed by atoms with Crippen LogP contribution in [0.4, 0.5) is 0 Å². The smallest absolute Gasteiger partial charge is 0.190 e. The van der Waals surface area contributed by atoms with Crippen LogP contribution in [0, 0.1) is 0 Å². The van der Waals surface area contributed by atoms with E-state index < -0.39 is 0 Å². The molecule has 0 bridgehead atoms. The van der Waals surface area contributed by atoms with Crippen molar-refractivity contribution in [2.24, 2.45) is 4.99 Å². The van der Waals surface area contributed by atoms with E-state index >= 15 is 0 Å². The van der Waals surface area contributed by atoms with Crippen LogP contribution in [-0.2, 0) is 14.2 Å². The predicted octanol–water partition coefficient (Wildman–Crippen LogP) is 1.55. The highest BCUT2D eigenvalue weighted by Crippen LogP contribution is 2.20. The van der Waals surface area contributed by atoms with Gasteiger partial charge in [0.1, 0.15) is 0 Å². The fraction of sp³-hybridized carbons (Fsp3) is 0.938. The normalized spacial score (nSPS) is 16.2. The summed E-state index contributed by atoms with van der Waals surface area (Å²) in [7, 11) is 3.47. The van der Waals surface area contributed by atoms with Gasteiger partial charge in [-0.1, -0.05) is 12.8 Å². The zero-order chi connectivity index (χ0) is 15.9. The molecule has 22 heavy (non-hydrogen) atoms. The molecule has 0 radical (unpaired) electrons. The molecule has 0 aromatic rings. The van der Waals surface area contributed by atoms with Gasteiger partial charge in [-0.15, -0.1) is 0 Å². The highest BCUT2D eigenvalue weighted by atomic mass is 16.5. The zero-order valence-electron chi connectivity index (χ0n) is 14.2. The SMILES string of the molecule is CN=C(NCCCOCCOC)NCCCOC1CCCC1. The summed E-state index contributed by atoms with van der Waals surface area (Å²) in [5.74, 6) is 0.845. The van der Waals surface area contributed by atoms with Gasteiger partial charge in [0, 0.05) is 40.5 Å². The van der Waals surface area contributed by atoms with Gasteiger partial charge >= 0.3 is 0 Å². The van der Waals surface area contributed by atoms with E-state index in [1.54, 1.807) is 14.2 Å². The van der Waals surface area contributed by atoms with E-state index in [0.29, 0.717) is 19.3 Å². The van der Waals surface area contributed by atoms with Crippen molar-refractivity contribution in [3.05, 3.63) is 0 Å². The summed E-state index contributed by atoms with van der Waals surface area (Å²) in [5, 5.41) is 6.58. The maximum absolute atomic E-state index is 5.84. The largest absolute Gasteiger partial charge is 0.382 e. The Labute approximate surface area is 135 Å². The Hall–Kier alpha value is -0.850. The molecule has 1 aliphatic rings. The Morgan fingerprint density at radius 2 is 1.68 bits per heavy atom. The van der Waals surface area contributed by atoms with E-state index in [1.165, 1.54) is 25.7 Å². The van der Waals surface area contributed by atoms with Crippen molar-refractivity contribution in [3.8, 4) is 0 Å². The number of aliphatic imine (C=N–C) groups is 1. The molecule has 0 spiro atoms. The molecule has 0 atom stereocenters. The maximum atomic E-state index is 5.84. The third-order valence-corrected chi connectivity index (χ3v) is 3.68. The molecule has 0 aromatic carbocycles. The number of hydrogen-bond donors (Lipinski definition) is 2. The van der Waals surface area contributed by atoms with Crippen molar-refractivity contribution < 1.29 is 14.2 Å². The quantitative estimate of drug-likeness (QED) is 0.325. The van der Waals surface area contributed by atoms with Gasteiger partial charge in [0.25, 0.3) is 0 Å². The standard InChI is InChI=1S/C16H33N3O3/c1-17-16(18-9-5-11-21-14-13-20-2)19-10-6-12-22-15-7-3-4-8-15/h15H,3-14H2,1-2H3,(H2,17,18,19). The second-order valence-electron chi connectivity index (χ2n) is 5.52. The Kier molecular flexibility index (Phi) is 12.0. The lowest BCUT2D eigenvalue weighted by molar-refractivity contribution is 0.0574. The first-order valence-electron chi connectivity index (χ1n) is 8.49. The van der Waals surface area contributed by atoms with Crippen LogP contribution in [0.5, 0.6) is 0 Å². The van der Waals surface area contributed by atoms with Crippen LogP contribution >= 0.6 is 0 Å². The number of methoxy groups -OCH3 is 1. The molecule has 0 heterocycles. The van der Waals surface area contributed by atoms with E-state index in [0.717, 1.165) is 45.1 Å². The Morgan fingerprint density at radius 3 is 2.32 bits per heavy atom. The van der Waals surface area contributed by atoms with E-state index in [2.05, 4.69) is 15.6 Å². The van der Waals surface area contributed by atoms with Crippen molar-refractivity contribution in [2.75, 3.05) is 53.7 Å². The summed E-state index contributed by atoms with van der Waals surface area (Å²) in [6.07, 6.45) is 7.61. The van der Waals surface area contributed by atoms with Gasteiger partial charge in [-0.25, -0.2) is 0 Å². The van der Waals surface area contributed by atoms with Crippen molar-refractivity contribution in [1.82, 2.24) is 10.6 Å². The van der Waals surface area contributed by atoms with Gasteiger partial charge in [0.2, 0.25) is 0 Å². The molecule has 6 nitrogen and oxygen atoms in total. The molecule has 1 rings (SSSR count). The van der Waals surface area contributed by atoms with Gasteiger partial charge in [0.15, 0.2) is 5.96 Å². The summed E-state index contributed by atoms with van der Waals surface area (Å²) in [6, 6.07) is 0. The average Bonchev–Trinajstić information content (AvgIpc) is 3.05. The molecule has 0 saturated heterocycles. The van der Waals surface area contributed by atoms with E-state index in [1.807, 2.05) is 0 Å². The molecular formula is C16H33N3O3. The van der Waals surface area contributed by atoms with E-state index in [-0.39, 0.29) is 0 Å². The van der Waals surface area contributed by atoms with E-state index in [9.17, 15) is 0 Å². The average molecular weight is 315 g/mol. The molecule has 0 amide bonds. The van der Waals surface area contributed by atoms with Crippen LogP contribution in [0.15, 0.2) is 4.99 Å². The lowest BCUT2D eigenvalue weighted by atomic mass is 10.3. The Bertz CT molecular complexity index is 282. The highest BCUT2D eigenvalue weighted by Gasteiger charge is 2.14. The van der Waals surface area contributed by atoms with Crippen molar-refractivity contribution in [3.63, 3.8) is 0 Å². The topological polar surface area (TPSA) is 64.1 Å². The summed E-state index contributed by atoms with van der Waals surface area (Å²) < 4.78 is 16.2. The van der Waals surface area contributed by atoms with Crippen LogP contribution < -0.4 is 10.6 Å². The Morgan fingerprint density at radius 1 is 1.00 bits per heavy atom. The minimum absolute atomic E-state index is 0.510. The minimum atomic E-state index is 0.510. The maximum Gasteiger partial charge on any atom is 0.190 e. The summed E-state index contributed by atoms with van der Waals surface area (Å²) in [4.78, 5) is 4.20. The van der Waals surface area contributed by atoms with Crippen LogP contribution in [0.25, 0.3) is 0 Å². The number of nitrogens with zero attached hydrogens (tertiary/aromatic N) is 1. The molecule has 0 unspecified atom stereocenters. The van der Waals surface area contributed by atoms with Gasteiger partial charge in [0.05, 0.1) is 19.3 Å². The van der Waals surface area contributed by atoms with E-state index in [4.69, 9.17) is 14.2 Å². The molecule has 1 saturated carbocycles. The zero-order valence-corrected chi connectivity index (χ0v) is 14.2. The van der Waals surface area contributed by atoms with Crippen LogP contribution in [-0.4, -0.2) is 65.7 Å². The first-order chi connectivity index (χ1) is 10.9. The minimum Gasteiger partial charge on any atom is -0.382 e. The van der Waals surface area contributed by atoms with Gasteiger partial charge in [-0.2, -0.15) is 0 Å². The molecule has 0 aliphatic heterocycles. The lowest BCUT2D eigenvalue weighted by Crippen LogP contribution is -2.38. The first-order valence-corrected chi connectivity index (χ1v) is 8.49. The Balaban J connectivity index is 1.89. The number of ether oxygens (including phenoxy) is 3. The van der Waals surface area contributed by atoms with Crippen LogP contribution in [0.2, 0.25) is 0 Å². The predicted molar refractivity (Wildman–Crippen MR) is 89.5 cm³/mol. The van der Waals surface area contributed by atoms with Crippen molar-refractivity contribution in [2.45, 2.75) is 44.6 Å². The molecule has 1 aliphatic carbocycles. The molecule has 130 valence electrons. The monoisotopic (exact) mass is 315 g/mol. The van der Waals surface area contributed by atoms with Crippen LogP contribution in [0.1, 0.15) is 38.5 Å². The molecule has 1 fully saturated rings. The van der Waals surface area contributed by atoms with Gasteiger partial charge < -0.3 is 24.8 Å². The van der Waals surface area contributed by atoms with Crippen LogP contribution in [0.3, 0.4) is 0 Å². The molecule has 0 aromatic heterocycles. The number of nitrogens with one attached hydrogen (secondary N) is 2. The van der Waals surface area contributed by atoms with Gasteiger partial charge in [-0.05, 0) is 25.7 Å². The summed E-state index contributed by atoms with van der Waals surface area (Å²) in [5.41, 5.74) is 0. The highest BCUT2D eigenvalue weighted by molar-refractivity contribution is 5.79. The number of hydrogen-bond acceptors (Lipinski definition) is 4. The second-order valence-corrected chi connectivity index (χ2v) is 5.52. The summed E-state index contributed by atoms with van der Waals surface area (Å²) in [6.45, 7) is 4.62. The van der Waals surface area contributed by atoms with Gasteiger partial charge in [-0.3, -0.25) is 4.99 Å². The fourth-order valence-electron chi connectivity index (χ4n) is 2.43. The number of rotatable bonds is 12. The number of guanidine groups is 1. The first kappa shape index (κ1) is 19.2. The van der Waals surface area contributed by atoms with Crippen molar-refractivity contribution >= 4 is 5.96 Å². The molecular weight excluding hydrogens is 282 g/mol. The van der Waals surface area contributed by atoms with Crippen molar-refractivity contribution in [1.29, 1.82) is 0 Å². The second kappa shape index (κ2) is 13.8. The lowest BCUT2D eigenvalue weighted by Gasteiger charge is -2.13. The molecule has 2 N–H and O–H groups in total. The molecule has 6 heteroatoms. The third kappa shape index (κ3) is 9.97. The third-order valence-electron chi connectivity index (χ3n) is 3.68. The fourth-order valence-corrected chi connectivity index (χ4v) is 2.43. The summed E-state index contributed by atoms with van der Waals surface area (Å²) >= 11 is 0.